The molecule has 2 heterocycles. The predicted octanol–water partition coefficient (Wildman–Crippen LogP) is 3.53. The second-order valence-electron chi connectivity index (χ2n) is 7.50. The molecule has 6 heteroatoms. The van der Waals surface area contributed by atoms with Gasteiger partial charge in [-0.15, -0.1) is 0 Å². The number of nitrogens with zero attached hydrogens (tertiary/aromatic N) is 3. The van der Waals surface area contributed by atoms with Crippen molar-refractivity contribution in [2.24, 2.45) is 5.92 Å². The van der Waals surface area contributed by atoms with Crippen LogP contribution in [0.5, 0.6) is 0 Å². The molecule has 2 fully saturated rings. The molecule has 4 rings (SSSR count). The molecule has 1 amide bonds. The van der Waals surface area contributed by atoms with E-state index >= 15 is 0 Å². The second kappa shape index (κ2) is 8.17. The minimum atomic E-state index is -0.237. The number of hydrogen-bond acceptors (Lipinski definition) is 3. The fraction of sp³-hybridized carbons (Fsp3) is 0.409. The molecule has 2 aromatic rings. The van der Waals surface area contributed by atoms with E-state index in [-0.39, 0.29) is 23.5 Å². The first-order chi connectivity index (χ1) is 13.6. The van der Waals surface area contributed by atoms with Crippen LogP contribution in [0.1, 0.15) is 12.8 Å². The molecule has 0 atom stereocenters. The number of carbonyl (C=O) groups is 1. The quantitative estimate of drug-likeness (QED) is 0.809. The molecule has 0 saturated carbocycles. The molecule has 0 spiro atoms. The molecule has 0 aromatic heterocycles. The van der Waals surface area contributed by atoms with E-state index < -0.39 is 0 Å². The molecule has 0 unspecified atom stereocenters. The van der Waals surface area contributed by atoms with Gasteiger partial charge in [0, 0.05) is 50.9 Å². The van der Waals surface area contributed by atoms with Crippen molar-refractivity contribution in [3.05, 3.63) is 60.2 Å². The van der Waals surface area contributed by atoms with Crippen molar-refractivity contribution < 1.29 is 13.6 Å². The Balaban J connectivity index is 1.29. The van der Waals surface area contributed by atoms with Gasteiger partial charge in [0.2, 0.25) is 5.91 Å². The summed E-state index contributed by atoms with van der Waals surface area (Å²) < 4.78 is 27.1. The smallest absolute Gasteiger partial charge is 0.225 e. The summed E-state index contributed by atoms with van der Waals surface area (Å²) in [7, 11) is 0. The maximum atomic E-state index is 14.0. The van der Waals surface area contributed by atoms with Gasteiger partial charge in [-0.05, 0) is 49.2 Å². The number of benzene rings is 2. The van der Waals surface area contributed by atoms with Gasteiger partial charge in [-0.25, -0.2) is 8.78 Å². The van der Waals surface area contributed by atoms with Crippen LogP contribution in [0, 0.1) is 17.6 Å². The van der Waals surface area contributed by atoms with E-state index in [2.05, 4.69) is 4.90 Å². The van der Waals surface area contributed by atoms with Crippen molar-refractivity contribution >= 4 is 17.3 Å². The van der Waals surface area contributed by atoms with E-state index in [1.807, 2.05) is 15.9 Å². The standard InChI is InChI=1S/C22H25F2N3O/c23-18-5-7-19(8-6-18)25-13-15-27(16-14-25)22(28)17-9-11-26(12-10-17)21-4-2-1-3-20(21)24/h1-8,17H,9-16H2. The van der Waals surface area contributed by atoms with E-state index in [1.165, 1.54) is 18.2 Å². The van der Waals surface area contributed by atoms with Crippen molar-refractivity contribution in [2.45, 2.75) is 12.8 Å². The zero-order valence-corrected chi connectivity index (χ0v) is 15.9. The Morgan fingerprint density at radius 2 is 1.43 bits per heavy atom. The maximum Gasteiger partial charge on any atom is 0.225 e. The molecule has 0 aliphatic carbocycles. The lowest BCUT2D eigenvalue weighted by Crippen LogP contribution is -2.51. The molecule has 0 N–H and O–H groups in total. The maximum absolute atomic E-state index is 14.0. The number of halogens is 2. The SMILES string of the molecule is O=C(C1CCN(c2ccccc2F)CC1)N1CCN(c2ccc(F)cc2)CC1. The minimum absolute atomic E-state index is 0.0143. The van der Waals surface area contributed by atoms with Crippen molar-refractivity contribution in [1.29, 1.82) is 0 Å². The topological polar surface area (TPSA) is 26.8 Å². The average Bonchev–Trinajstić information content (AvgIpc) is 2.74. The predicted molar refractivity (Wildman–Crippen MR) is 107 cm³/mol. The van der Waals surface area contributed by atoms with Crippen LogP contribution in [0.2, 0.25) is 0 Å². The van der Waals surface area contributed by atoms with Crippen LogP contribution in [-0.4, -0.2) is 50.1 Å². The summed E-state index contributed by atoms with van der Waals surface area (Å²) in [5.74, 6) is -0.212. The van der Waals surface area contributed by atoms with Crippen LogP contribution in [0.25, 0.3) is 0 Å². The van der Waals surface area contributed by atoms with Gasteiger partial charge in [0.15, 0.2) is 0 Å². The van der Waals surface area contributed by atoms with Gasteiger partial charge in [0.05, 0.1) is 5.69 Å². The zero-order valence-electron chi connectivity index (χ0n) is 15.9. The third kappa shape index (κ3) is 3.96. The Labute approximate surface area is 164 Å². The molecular formula is C22H25F2N3O. The number of hydrogen-bond donors (Lipinski definition) is 0. The molecule has 2 aromatic carbocycles. The largest absolute Gasteiger partial charge is 0.369 e. The van der Waals surface area contributed by atoms with E-state index in [0.717, 1.165) is 31.6 Å². The van der Waals surface area contributed by atoms with Gasteiger partial charge in [-0.2, -0.15) is 0 Å². The van der Waals surface area contributed by atoms with Crippen LogP contribution >= 0.6 is 0 Å². The third-order valence-electron chi connectivity index (χ3n) is 5.82. The highest BCUT2D eigenvalue weighted by molar-refractivity contribution is 5.79. The first kappa shape index (κ1) is 18.7. The Bertz CT molecular complexity index is 811. The molecule has 2 aliphatic heterocycles. The lowest BCUT2D eigenvalue weighted by atomic mass is 9.94. The summed E-state index contributed by atoms with van der Waals surface area (Å²) in [6.07, 6.45) is 1.51. The van der Waals surface area contributed by atoms with Crippen LogP contribution in [0.15, 0.2) is 48.5 Å². The van der Waals surface area contributed by atoms with Crippen molar-refractivity contribution in [3.63, 3.8) is 0 Å². The van der Waals surface area contributed by atoms with E-state index in [4.69, 9.17) is 0 Å². The van der Waals surface area contributed by atoms with Crippen molar-refractivity contribution in [1.82, 2.24) is 4.90 Å². The molecule has 28 heavy (non-hydrogen) atoms. The summed E-state index contributed by atoms with van der Waals surface area (Å²) in [5, 5.41) is 0. The number of piperazine rings is 1. The van der Waals surface area contributed by atoms with Gasteiger partial charge >= 0.3 is 0 Å². The van der Waals surface area contributed by atoms with Gasteiger partial charge in [0.1, 0.15) is 11.6 Å². The first-order valence-corrected chi connectivity index (χ1v) is 9.90. The molecule has 2 saturated heterocycles. The summed E-state index contributed by atoms with van der Waals surface area (Å²) in [6, 6.07) is 13.3. The summed E-state index contributed by atoms with van der Waals surface area (Å²) in [6.45, 7) is 4.28. The summed E-state index contributed by atoms with van der Waals surface area (Å²) in [4.78, 5) is 19.1. The van der Waals surface area contributed by atoms with Gasteiger partial charge in [-0.3, -0.25) is 4.79 Å². The Morgan fingerprint density at radius 1 is 0.786 bits per heavy atom. The van der Waals surface area contributed by atoms with Crippen molar-refractivity contribution in [3.8, 4) is 0 Å². The highest BCUT2D eigenvalue weighted by Gasteiger charge is 2.31. The molecule has 148 valence electrons. The number of rotatable bonds is 3. The Morgan fingerprint density at radius 3 is 2.07 bits per heavy atom. The van der Waals surface area contributed by atoms with Crippen LogP contribution in [0.3, 0.4) is 0 Å². The number of carbonyl (C=O) groups excluding carboxylic acids is 1. The van der Waals surface area contributed by atoms with Gasteiger partial charge < -0.3 is 14.7 Å². The zero-order chi connectivity index (χ0) is 19.5. The van der Waals surface area contributed by atoms with Gasteiger partial charge in [-0.1, -0.05) is 12.1 Å². The lowest BCUT2D eigenvalue weighted by Gasteiger charge is -2.39. The lowest BCUT2D eigenvalue weighted by molar-refractivity contribution is -0.136. The number of amides is 1. The highest BCUT2D eigenvalue weighted by atomic mass is 19.1. The molecular weight excluding hydrogens is 360 g/mol. The monoisotopic (exact) mass is 385 g/mol. The first-order valence-electron chi connectivity index (χ1n) is 9.90. The number of para-hydroxylation sites is 1. The molecule has 4 nitrogen and oxygen atoms in total. The van der Waals surface area contributed by atoms with E-state index in [1.54, 1.807) is 24.3 Å². The average molecular weight is 385 g/mol. The molecule has 2 aliphatic rings. The van der Waals surface area contributed by atoms with Crippen LogP contribution < -0.4 is 9.80 Å². The molecule has 0 bridgehead atoms. The number of anilines is 2. The summed E-state index contributed by atoms with van der Waals surface area (Å²) >= 11 is 0. The van der Waals surface area contributed by atoms with Gasteiger partial charge in [0.25, 0.3) is 0 Å². The van der Waals surface area contributed by atoms with Crippen LogP contribution in [0.4, 0.5) is 20.2 Å². The van der Waals surface area contributed by atoms with E-state index in [9.17, 15) is 13.6 Å². The normalized spacial score (nSPS) is 18.4. The highest BCUT2D eigenvalue weighted by Crippen LogP contribution is 2.27. The number of piperidine rings is 1. The third-order valence-corrected chi connectivity index (χ3v) is 5.82. The second-order valence-corrected chi connectivity index (χ2v) is 7.50. The minimum Gasteiger partial charge on any atom is -0.369 e. The summed E-state index contributed by atoms with van der Waals surface area (Å²) in [5.41, 5.74) is 1.62. The Kier molecular flexibility index (Phi) is 5.46. The Hall–Kier alpha value is -2.63. The van der Waals surface area contributed by atoms with E-state index in [0.29, 0.717) is 31.9 Å². The molecule has 0 radical (unpaired) electrons. The fourth-order valence-corrected chi connectivity index (χ4v) is 4.17. The fourth-order valence-electron chi connectivity index (χ4n) is 4.17. The van der Waals surface area contributed by atoms with Crippen molar-refractivity contribution in [2.75, 3.05) is 49.1 Å². The van der Waals surface area contributed by atoms with Crippen LogP contribution in [-0.2, 0) is 4.79 Å².